The second-order valence-corrected chi connectivity index (χ2v) is 6.35. The third-order valence-electron chi connectivity index (χ3n) is 3.20. The molecule has 2 aliphatic rings. The summed E-state index contributed by atoms with van der Waals surface area (Å²) in [4.78, 5) is 0. The summed E-state index contributed by atoms with van der Waals surface area (Å²) in [6.45, 7) is 5.55. The minimum absolute atomic E-state index is 0.491. The molecule has 2 nitrogen and oxygen atoms in total. The Morgan fingerprint density at radius 2 is 2.43 bits per heavy atom. The van der Waals surface area contributed by atoms with Gasteiger partial charge in [-0.15, -0.1) is 0 Å². The van der Waals surface area contributed by atoms with Crippen LogP contribution in [0.25, 0.3) is 0 Å². The first-order valence-corrected chi connectivity index (χ1v) is 6.73. The number of thioether (sulfide) groups is 1. The fourth-order valence-electron chi connectivity index (χ4n) is 2.28. The van der Waals surface area contributed by atoms with Crippen LogP contribution in [0.2, 0.25) is 0 Å². The van der Waals surface area contributed by atoms with E-state index in [4.69, 9.17) is 4.74 Å². The summed E-state index contributed by atoms with van der Waals surface area (Å²) in [5, 5.41) is 3.56. The molecule has 2 rings (SSSR count). The van der Waals surface area contributed by atoms with Gasteiger partial charge in [-0.05, 0) is 38.4 Å². The van der Waals surface area contributed by atoms with Crippen LogP contribution in [0.5, 0.6) is 0 Å². The van der Waals surface area contributed by atoms with Gasteiger partial charge in [-0.3, -0.25) is 0 Å². The second kappa shape index (κ2) is 4.86. The normalized spacial score (nSPS) is 37.9. The Labute approximate surface area is 91.2 Å². The van der Waals surface area contributed by atoms with E-state index in [9.17, 15) is 0 Å². The van der Waals surface area contributed by atoms with E-state index >= 15 is 0 Å². The van der Waals surface area contributed by atoms with Gasteiger partial charge in [0.1, 0.15) is 0 Å². The standard InChI is InChI=1S/C11H21NOS/c1-11(5-3-7-14-11)9-12-8-10-4-2-6-13-10/h10,12H,2-9H2,1H3. The van der Waals surface area contributed by atoms with E-state index in [1.165, 1.54) is 31.4 Å². The molecule has 0 spiro atoms. The lowest BCUT2D eigenvalue weighted by molar-refractivity contribution is 0.110. The number of rotatable bonds is 4. The highest BCUT2D eigenvalue weighted by Gasteiger charge is 2.29. The summed E-state index contributed by atoms with van der Waals surface area (Å²) in [5.74, 6) is 1.35. The van der Waals surface area contributed by atoms with E-state index in [1.807, 2.05) is 0 Å². The molecule has 1 N–H and O–H groups in total. The average molecular weight is 215 g/mol. The lowest BCUT2D eigenvalue weighted by atomic mass is 10.1. The molecule has 3 heteroatoms. The second-order valence-electron chi connectivity index (χ2n) is 4.67. The van der Waals surface area contributed by atoms with Gasteiger partial charge in [-0.25, -0.2) is 0 Å². The Morgan fingerprint density at radius 3 is 3.07 bits per heavy atom. The predicted molar refractivity (Wildman–Crippen MR) is 61.9 cm³/mol. The Morgan fingerprint density at radius 1 is 1.50 bits per heavy atom. The minimum atomic E-state index is 0.491. The minimum Gasteiger partial charge on any atom is -0.377 e. The first-order chi connectivity index (χ1) is 6.79. The third-order valence-corrected chi connectivity index (χ3v) is 4.73. The van der Waals surface area contributed by atoms with Crippen molar-refractivity contribution in [2.45, 2.75) is 43.5 Å². The molecule has 0 aliphatic carbocycles. The van der Waals surface area contributed by atoms with E-state index in [0.717, 1.165) is 19.7 Å². The van der Waals surface area contributed by atoms with Crippen LogP contribution >= 0.6 is 11.8 Å². The van der Waals surface area contributed by atoms with Gasteiger partial charge in [0.05, 0.1) is 6.10 Å². The van der Waals surface area contributed by atoms with Crippen LogP contribution in [-0.4, -0.2) is 36.3 Å². The fourth-order valence-corrected chi connectivity index (χ4v) is 3.55. The summed E-state index contributed by atoms with van der Waals surface area (Å²) in [7, 11) is 0. The molecular weight excluding hydrogens is 194 g/mol. The summed E-state index contributed by atoms with van der Waals surface area (Å²) >= 11 is 2.12. The molecule has 0 aromatic rings. The first kappa shape index (κ1) is 10.8. The molecular formula is C11H21NOS. The number of hydrogen-bond donors (Lipinski definition) is 1. The fraction of sp³-hybridized carbons (Fsp3) is 1.00. The van der Waals surface area contributed by atoms with Crippen LogP contribution in [0.15, 0.2) is 0 Å². The zero-order valence-electron chi connectivity index (χ0n) is 9.05. The van der Waals surface area contributed by atoms with Crippen LogP contribution in [0, 0.1) is 0 Å². The van der Waals surface area contributed by atoms with Crippen LogP contribution in [0.1, 0.15) is 32.6 Å². The Bertz CT molecular complexity index is 174. The monoisotopic (exact) mass is 215 g/mol. The Balaban J connectivity index is 1.61. The topological polar surface area (TPSA) is 21.3 Å². The summed E-state index contributed by atoms with van der Waals surface area (Å²) < 4.78 is 6.08. The van der Waals surface area contributed by atoms with Gasteiger partial charge in [0.15, 0.2) is 0 Å². The van der Waals surface area contributed by atoms with Crippen molar-refractivity contribution in [2.75, 3.05) is 25.4 Å². The number of ether oxygens (including phenoxy) is 1. The zero-order valence-corrected chi connectivity index (χ0v) is 9.87. The molecule has 2 unspecified atom stereocenters. The first-order valence-electron chi connectivity index (χ1n) is 5.75. The highest BCUT2D eigenvalue weighted by atomic mass is 32.2. The third kappa shape index (κ3) is 2.88. The van der Waals surface area contributed by atoms with Gasteiger partial charge < -0.3 is 10.1 Å². The smallest absolute Gasteiger partial charge is 0.0700 e. The molecule has 0 saturated carbocycles. The molecule has 0 bridgehead atoms. The molecule has 0 aromatic carbocycles. The van der Waals surface area contributed by atoms with E-state index < -0.39 is 0 Å². The molecule has 2 heterocycles. The SMILES string of the molecule is CC1(CNCC2CCCO2)CCCS1. The highest BCUT2D eigenvalue weighted by molar-refractivity contribution is 8.00. The highest BCUT2D eigenvalue weighted by Crippen LogP contribution is 2.36. The van der Waals surface area contributed by atoms with Crippen LogP contribution in [0.4, 0.5) is 0 Å². The molecule has 2 fully saturated rings. The lowest BCUT2D eigenvalue weighted by Gasteiger charge is -2.23. The van der Waals surface area contributed by atoms with Crippen molar-refractivity contribution in [1.29, 1.82) is 0 Å². The quantitative estimate of drug-likeness (QED) is 0.775. The molecule has 0 aromatic heterocycles. The Kier molecular flexibility index (Phi) is 3.74. The maximum atomic E-state index is 5.58. The largest absolute Gasteiger partial charge is 0.377 e. The van der Waals surface area contributed by atoms with Gasteiger partial charge in [-0.1, -0.05) is 0 Å². The molecule has 2 saturated heterocycles. The molecule has 14 heavy (non-hydrogen) atoms. The summed E-state index contributed by atoms with van der Waals surface area (Å²) in [6, 6.07) is 0. The molecule has 82 valence electrons. The number of nitrogens with one attached hydrogen (secondary N) is 1. The maximum Gasteiger partial charge on any atom is 0.0700 e. The average Bonchev–Trinajstić information content (AvgIpc) is 2.77. The molecule has 0 radical (unpaired) electrons. The van der Waals surface area contributed by atoms with Gasteiger partial charge in [-0.2, -0.15) is 11.8 Å². The maximum absolute atomic E-state index is 5.58. The summed E-state index contributed by atoms with van der Waals surface area (Å²) in [5.41, 5.74) is 0. The van der Waals surface area contributed by atoms with Gasteiger partial charge in [0.2, 0.25) is 0 Å². The van der Waals surface area contributed by atoms with Crippen molar-refractivity contribution in [2.24, 2.45) is 0 Å². The van der Waals surface area contributed by atoms with E-state index in [1.54, 1.807) is 0 Å². The lowest BCUT2D eigenvalue weighted by Crippen LogP contribution is -2.37. The van der Waals surface area contributed by atoms with Gasteiger partial charge in [0, 0.05) is 24.4 Å². The number of hydrogen-bond acceptors (Lipinski definition) is 3. The van der Waals surface area contributed by atoms with Crippen LogP contribution in [-0.2, 0) is 4.74 Å². The Hall–Kier alpha value is 0.270. The van der Waals surface area contributed by atoms with Crippen molar-refractivity contribution in [3.8, 4) is 0 Å². The van der Waals surface area contributed by atoms with E-state index in [-0.39, 0.29) is 0 Å². The van der Waals surface area contributed by atoms with Crippen molar-refractivity contribution >= 4 is 11.8 Å². The molecule has 0 amide bonds. The van der Waals surface area contributed by atoms with Gasteiger partial charge >= 0.3 is 0 Å². The predicted octanol–water partition coefficient (Wildman–Crippen LogP) is 2.04. The van der Waals surface area contributed by atoms with Gasteiger partial charge in [0.25, 0.3) is 0 Å². The van der Waals surface area contributed by atoms with Crippen LogP contribution in [0.3, 0.4) is 0 Å². The van der Waals surface area contributed by atoms with E-state index in [2.05, 4.69) is 24.0 Å². The zero-order chi connectivity index (χ0) is 9.86. The molecule has 2 atom stereocenters. The van der Waals surface area contributed by atoms with E-state index in [0.29, 0.717) is 10.9 Å². The summed E-state index contributed by atoms with van der Waals surface area (Å²) in [6.07, 6.45) is 5.75. The molecule has 2 aliphatic heterocycles. The van der Waals surface area contributed by atoms with Crippen molar-refractivity contribution in [1.82, 2.24) is 5.32 Å². The van der Waals surface area contributed by atoms with Crippen LogP contribution < -0.4 is 5.32 Å². The van der Waals surface area contributed by atoms with Crippen molar-refractivity contribution < 1.29 is 4.74 Å². The van der Waals surface area contributed by atoms with Crippen molar-refractivity contribution in [3.63, 3.8) is 0 Å². The van der Waals surface area contributed by atoms with Crippen molar-refractivity contribution in [3.05, 3.63) is 0 Å².